The number of carboxylic acid groups (broad SMARTS) is 1. The van der Waals surface area contributed by atoms with Crippen LogP contribution in [-0.4, -0.2) is 24.3 Å². The third kappa shape index (κ3) is 6.92. The second-order valence-electron chi connectivity index (χ2n) is 6.66. The predicted octanol–water partition coefficient (Wildman–Crippen LogP) is 5.31. The van der Waals surface area contributed by atoms with Crippen molar-refractivity contribution in [2.75, 3.05) is 13.2 Å². The standard InChI is InChI=1S/C18H31O5P/c1-6-21-24(22-7-2)23-15(13-17(19)20)10-11-16-14(3)9-8-12-18(16,4)5/h13,24H,6-12H2,1-5H3/p+1/b15-13+. The number of carboxylic acids is 1. The van der Waals surface area contributed by atoms with Gasteiger partial charge in [-0.05, 0) is 51.9 Å². The SMILES string of the molecule is CCO[PH+](OCC)O/C(=C/C(=O)O)CCC1=C(C)CCCC1(C)C. The highest BCUT2D eigenvalue weighted by Crippen LogP contribution is 2.45. The number of aliphatic carboxylic acids is 1. The minimum Gasteiger partial charge on any atom is -0.478 e. The van der Waals surface area contributed by atoms with Gasteiger partial charge in [-0.3, -0.25) is 4.52 Å². The van der Waals surface area contributed by atoms with Crippen molar-refractivity contribution in [3.05, 3.63) is 23.0 Å². The zero-order valence-electron chi connectivity index (χ0n) is 15.6. The lowest BCUT2D eigenvalue weighted by Crippen LogP contribution is -2.20. The van der Waals surface area contributed by atoms with E-state index in [0.29, 0.717) is 25.4 Å². The van der Waals surface area contributed by atoms with Crippen molar-refractivity contribution >= 4 is 14.6 Å². The highest BCUT2D eigenvalue weighted by molar-refractivity contribution is 7.41. The van der Waals surface area contributed by atoms with E-state index in [0.717, 1.165) is 18.9 Å². The second kappa shape index (κ2) is 10.2. The molecule has 5 nitrogen and oxygen atoms in total. The zero-order valence-corrected chi connectivity index (χ0v) is 16.6. The van der Waals surface area contributed by atoms with Crippen LogP contribution < -0.4 is 0 Å². The molecule has 1 aliphatic rings. The Bertz CT molecular complexity index is 476. The maximum Gasteiger partial charge on any atom is 0.443 e. The molecule has 0 aliphatic heterocycles. The predicted molar refractivity (Wildman–Crippen MR) is 97.9 cm³/mol. The van der Waals surface area contributed by atoms with Gasteiger partial charge in [0.15, 0.2) is 5.76 Å². The molecule has 1 rings (SSSR count). The lowest BCUT2D eigenvalue weighted by Gasteiger charge is -2.34. The van der Waals surface area contributed by atoms with E-state index in [1.54, 1.807) is 0 Å². The van der Waals surface area contributed by atoms with E-state index in [2.05, 4.69) is 20.8 Å². The fourth-order valence-electron chi connectivity index (χ4n) is 3.21. The molecule has 0 spiro atoms. The van der Waals surface area contributed by atoms with E-state index in [1.807, 2.05) is 13.8 Å². The summed E-state index contributed by atoms with van der Waals surface area (Å²) < 4.78 is 16.7. The monoisotopic (exact) mass is 359 g/mol. The first-order chi connectivity index (χ1) is 11.3. The number of rotatable bonds is 10. The summed E-state index contributed by atoms with van der Waals surface area (Å²) in [4.78, 5) is 11.1. The Kier molecular flexibility index (Phi) is 8.96. The Balaban J connectivity index is 2.81. The van der Waals surface area contributed by atoms with Gasteiger partial charge in [0.25, 0.3) is 0 Å². The Morgan fingerprint density at radius 3 is 2.42 bits per heavy atom. The first-order valence-electron chi connectivity index (χ1n) is 8.73. The molecule has 1 N–H and O–H groups in total. The van der Waals surface area contributed by atoms with Crippen LogP contribution in [-0.2, 0) is 18.4 Å². The van der Waals surface area contributed by atoms with Crippen molar-refractivity contribution in [1.82, 2.24) is 0 Å². The number of allylic oxidation sites excluding steroid dienone is 3. The summed E-state index contributed by atoms with van der Waals surface area (Å²) in [6.45, 7) is 11.4. The second-order valence-corrected chi connectivity index (χ2v) is 7.94. The summed E-state index contributed by atoms with van der Waals surface area (Å²) in [5.41, 5.74) is 3.03. The van der Waals surface area contributed by atoms with E-state index in [4.69, 9.17) is 18.7 Å². The molecular weight excluding hydrogens is 327 g/mol. The molecule has 0 aromatic carbocycles. The molecule has 24 heavy (non-hydrogen) atoms. The smallest absolute Gasteiger partial charge is 0.443 e. The lowest BCUT2D eigenvalue weighted by molar-refractivity contribution is -0.131. The molecule has 138 valence electrons. The van der Waals surface area contributed by atoms with Crippen LogP contribution in [0.1, 0.15) is 66.7 Å². The molecule has 0 aromatic heterocycles. The van der Waals surface area contributed by atoms with Crippen LogP contribution in [0, 0.1) is 5.41 Å². The summed E-state index contributed by atoms with van der Waals surface area (Å²) in [6, 6.07) is 0. The van der Waals surface area contributed by atoms with Gasteiger partial charge in [0.1, 0.15) is 0 Å². The summed E-state index contributed by atoms with van der Waals surface area (Å²) in [5, 5.41) is 9.11. The molecule has 0 aromatic rings. The fourth-order valence-corrected chi connectivity index (χ4v) is 4.26. The average Bonchev–Trinajstić information content (AvgIpc) is 2.45. The number of hydrogen-bond acceptors (Lipinski definition) is 4. The lowest BCUT2D eigenvalue weighted by atomic mass is 9.71. The number of carbonyl (C=O) groups is 1. The topological polar surface area (TPSA) is 65.0 Å². The summed E-state index contributed by atoms with van der Waals surface area (Å²) >= 11 is 0. The van der Waals surface area contributed by atoms with Crippen LogP contribution in [0.3, 0.4) is 0 Å². The van der Waals surface area contributed by atoms with Gasteiger partial charge in [0, 0.05) is 6.42 Å². The molecule has 0 fully saturated rings. The molecule has 0 atom stereocenters. The summed E-state index contributed by atoms with van der Waals surface area (Å²) in [5.74, 6) is -0.576. The largest absolute Gasteiger partial charge is 0.478 e. The van der Waals surface area contributed by atoms with Gasteiger partial charge in [0.2, 0.25) is 0 Å². The van der Waals surface area contributed by atoms with Crippen molar-refractivity contribution < 1.29 is 23.5 Å². The van der Waals surface area contributed by atoms with E-state index >= 15 is 0 Å². The average molecular weight is 359 g/mol. The van der Waals surface area contributed by atoms with E-state index in [1.165, 1.54) is 24.0 Å². The molecule has 0 heterocycles. The fraction of sp³-hybridized carbons (Fsp3) is 0.722. The maximum absolute atomic E-state index is 11.1. The van der Waals surface area contributed by atoms with Crippen molar-refractivity contribution in [1.29, 1.82) is 0 Å². The van der Waals surface area contributed by atoms with Crippen LogP contribution in [0.4, 0.5) is 0 Å². The highest BCUT2D eigenvalue weighted by atomic mass is 31.2. The first-order valence-corrected chi connectivity index (χ1v) is 9.95. The zero-order chi connectivity index (χ0) is 18.2. The Hall–Kier alpha value is -0.900. The van der Waals surface area contributed by atoms with Crippen LogP contribution in [0.15, 0.2) is 23.0 Å². The Labute approximate surface area is 147 Å². The van der Waals surface area contributed by atoms with Gasteiger partial charge in [-0.2, -0.15) is 9.05 Å². The molecule has 0 saturated carbocycles. The number of hydrogen-bond donors (Lipinski definition) is 1. The van der Waals surface area contributed by atoms with Gasteiger partial charge in [0.05, 0.1) is 19.3 Å². The highest BCUT2D eigenvalue weighted by Gasteiger charge is 2.29. The van der Waals surface area contributed by atoms with Crippen LogP contribution in [0.5, 0.6) is 0 Å². The van der Waals surface area contributed by atoms with Gasteiger partial charge in [-0.15, -0.1) is 0 Å². The van der Waals surface area contributed by atoms with E-state index in [-0.39, 0.29) is 5.41 Å². The Morgan fingerprint density at radius 2 is 1.92 bits per heavy atom. The van der Waals surface area contributed by atoms with Crippen molar-refractivity contribution in [3.63, 3.8) is 0 Å². The van der Waals surface area contributed by atoms with Gasteiger partial charge >= 0.3 is 14.6 Å². The molecule has 0 saturated heterocycles. The van der Waals surface area contributed by atoms with Crippen molar-refractivity contribution in [3.8, 4) is 0 Å². The van der Waals surface area contributed by atoms with Crippen LogP contribution in [0.25, 0.3) is 0 Å². The van der Waals surface area contributed by atoms with Crippen molar-refractivity contribution in [2.24, 2.45) is 5.41 Å². The van der Waals surface area contributed by atoms with E-state index < -0.39 is 14.6 Å². The quantitative estimate of drug-likeness (QED) is 0.248. The minimum absolute atomic E-state index is 0.171. The Morgan fingerprint density at radius 1 is 1.29 bits per heavy atom. The third-order valence-electron chi connectivity index (χ3n) is 4.33. The minimum atomic E-state index is -1.93. The molecule has 0 radical (unpaired) electrons. The first kappa shape index (κ1) is 21.1. The molecule has 0 amide bonds. The van der Waals surface area contributed by atoms with Gasteiger partial charge < -0.3 is 5.11 Å². The maximum atomic E-state index is 11.1. The molecular formula is C18H32O5P+. The van der Waals surface area contributed by atoms with E-state index in [9.17, 15) is 4.79 Å². The van der Waals surface area contributed by atoms with Crippen LogP contribution >= 0.6 is 8.60 Å². The molecule has 0 bridgehead atoms. The molecule has 6 heteroatoms. The third-order valence-corrected chi connectivity index (χ3v) is 5.81. The summed E-state index contributed by atoms with van der Waals surface area (Å²) in [7, 11) is -1.93. The normalized spacial score (nSPS) is 18.2. The van der Waals surface area contributed by atoms with Crippen molar-refractivity contribution in [2.45, 2.75) is 66.7 Å². The van der Waals surface area contributed by atoms with Gasteiger partial charge in [-0.25, -0.2) is 4.79 Å². The van der Waals surface area contributed by atoms with Crippen LogP contribution in [0.2, 0.25) is 0 Å². The molecule has 0 unspecified atom stereocenters. The summed E-state index contributed by atoms with van der Waals surface area (Å²) in [6.07, 6.45) is 6.02. The van der Waals surface area contributed by atoms with Gasteiger partial charge in [-0.1, -0.05) is 25.0 Å². The molecule has 1 aliphatic carbocycles.